The van der Waals surface area contributed by atoms with Crippen LogP contribution in [0.5, 0.6) is 0 Å². The Morgan fingerprint density at radius 1 is 1.36 bits per heavy atom. The number of benzene rings is 1. The van der Waals surface area contributed by atoms with E-state index in [4.69, 9.17) is 0 Å². The molecule has 0 saturated heterocycles. The summed E-state index contributed by atoms with van der Waals surface area (Å²) in [5.74, 6) is -0.322. The van der Waals surface area contributed by atoms with E-state index in [0.29, 0.717) is 5.56 Å². The normalized spacial score (nSPS) is 12.0. The van der Waals surface area contributed by atoms with Crippen LogP contribution >= 0.6 is 0 Å². The fourth-order valence-electron chi connectivity index (χ4n) is 1.33. The third-order valence-corrected chi connectivity index (χ3v) is 2.06. The van der Waals surface area contributed by atoms with Crippen LogP contribution in [0.25, 0.3) is 16.7 Å². The maximum absolute atomic E-state index is 13.2. The first-order valence-electron chi connectivity index (χ1n) is 4.31. The maximum atomic E-state index is 13.2. The third kappa shape index (κ3) is 1.51. The first-order chi connectivity index (χ1) is 6.81. The molecule has 1 heterocycles. The van der Waals surface area contributed by atoms with Gasteiger partial charge in [-0.3, -0.25) is 4.98 Å². The molecule has 0 saturated carbocycles. The number of fused-ring (bicyclic) bond motifs is 1. The zero-order valence-corrected chi connectivity index (χ0v) is 7.57. The average Bonchev–Trinajstić information content (AvgIpc) is 2.27. The minimum atomic E-state index is -0.322. The summed E-state index contributed by atoms with van der Waals surface area (Å²) < 4.78 is 13.2. The Bertz CT molecular complexity index is 488. The van der Waals surface area contributed by atoms with Gasteiger partial charge in [-0.25, -0.2) is 4.39 Å². The molecular formula is C12H9FN. The van der Waals surface area contributed by atoms with Crippen molar-refractivity contribution in [1.82, 2.24) is 4.98 Å². The molecule has 2 rings (SSSR count). The molecular weight excluding hydrogens is 177 g/mol. The number of hydrogen-bond donors (Lipinski definition) is 0. The van der Waals surface area contributed by atoms with Crippen LogP contribution in [0.4, 0.5) is 4.39 Å². The Hall–Kier alpha value is -1.70. The van der Waals surface area contributed by atoms with Crippen LogP contribution in [0.15, 0.2) is 42.6 Å². The van der Waals surface area contributed by atoms with E-state index in [-0.39, 0.29) is 5.83 Å². The van der Waals surface area contributed by atoms with Crippen LogP contribution < -0.4 is 0 Å². The van der Waals surface area contributed by atoms with E-state index in [1.54, 1.807) is 18.3 Å². The molecule has 0 spiro atoms. The summed E-state index contributed by atoms with van der Waals surface area (Å²) in [6.45, 7) is 3.38. The molecule has 1 aromatic carbocycles. The zero-order chi connectivity index (χ0) is 9.97. The van der Waals surface area contributed by atoms with Gasteiger partial charge in [0, 0.05) is 17.1 Å². The summed E-state index contributed by atoms with van der Waals surface area (Å²) in [6, 6.07) is 9.08. The van der Waals surface area contributed by atoms with Gasteiger partial charge in [-0.1, -0.05) is 18.2 Å². The molecule has 0 bridgehead atoms. The lowest BCUT2D eigenvalue weighted by Crippen LogP contribution is -1.81. The highest BCUT2D eigenvalue weighted by atomic mass is 19.1. The first-order valence-corrected chi connectivity index (χ1v) is 4.31. The molecule has 2 aromatic rings. The van der Waals surface area contributed by atoms with Crippen LogP contribution in [0.2, 0.25) is 0 Å². The lowest BCUT2D eigenvalue weighted by atomic mass is 10.1. The molecule has 1 radical (unpaired) electrons. The minimum absolute atomic E-state index is 0.322. The summed E-state index contributed by atoms with van der Waals surface area (Å²) in [5.41, 5.74) is 1.31. The molecule has 0 atom stereocenters. The number of nitrogens with zero attached hydrogens (tertiary/aromatic N) is 1. The van der Waals surface area contributed by atoms with Gasteiger partial charge in [0.25, 0.3) is 0 Å². The Morgan fingerprint density at radius 3 is 3.00 bits per heavy atom. The van der Waals surface area contributed by atoms with E-state index in [0.717, 1.165) is 10.9 Å². The summed E-state index contributed by atoms with van der Waals surface area (Å²) in [7, 11) is 0. The smallest absolute Gasteiger partial charge is 0.126 e. The van der Waals surface area contributed by atoms with Gasteiger partial charge < -0.3 is 0 Å². The van der Waals surface area contributed by atoms with Crippen LogP contribution in [-0.4, -0.2) is 4.98 Å². The third-order valence-electron chi connectivity index (χ3n) is 2.06. The number of allylic oxidation sites excluding steroid dienone is 1. The van der Waals surface area contributed by atoms with Crippen LogP contribution in [0, 0.1) is 6.92 Å². The Kier molecular flexibility index (Phi) is 2.27. The highest BCUT2D eigenvalue weighted by Crippen LogP contribution is 2.20. The molecule has 0 fully saturated rings. The van der Waals surface area contributed by atoms with Crippen molar-refractivity contribution in [2.75, 3.05) is 0 Å². The Morgan fingerprint density at radius 2 is 2.21 bits per heavy atom. The highest BCUT2D eigenvalue weighted by Gasteiger charge is 2.00. The SMILES string of the molecule is [CH2]/C=C(\F)c1ccc2cccnc2c1. The molecule has 0 N–H and O–H groups in total. The molecule has 0 aliphatic heterocycles. The monoisotopic (exact) mass is 186 g/mol. The second-order valence-electron chi connectivity index (χ2n) is 2.96. The fourth-order valence-corrected chi connectivity index (χ4v) is 1.33. The van der Waals surface area contributed by atoms with Gasteiger partial charge >= 0.3 is 0 Å². The average molecular weight is 186 g/mol. The van der Waals surface area contributed by atoms with Gasteiger partial charge in [0.2, 0.25) is 0 Å². The van der Waals surface area contributed by atoms with Gasteiger partial charge in [-0.2, -0.15) is 0 Å². The zero-order valence-electron chi connectivity index (χ0n) is 7.57. The molecule has 0 amide bonds. The van der Waals surface area contributed by atoms with Gasteiger partial charge in [0.15, 0.2) is 0 Å². The van der Waals surface area contributed by atoms with E-state index in [2.05, 4.69) is 11.9 Å². The largest absolute Gasteiger partial charge is 0.256 e. The number of pyridine rings is 1. The van der Waals surface area contributed by atoms with Gasteiger partial charge in [0.1, 0.15) is 5.83 Å². The van der Waals surface area contributed by atoms with E-state index >= 15 is 0 Å². The molecule has 2 heteroatoms. The van der Waals surface area contributed by atoms with Gasteiger partial charge in [-0.15, -0.1) is 0 Å². The molecule has 0 aliphatic rings. The van der Waals surface area contributed by atoms with Crippen LogP contribution in [-0.2, 0) is 0 Å². The second kappa shape index (κ2) is 3.58. The lowest BCUT2D eigenvalue weighted by molar-refractivity contribution is 0.760. The fraction of sp³-hybridized carbons (Fsp3) is 0. The number of halogens is 1. The molecule has 0 aliphatic carbocycles. The minimum Gasteiger partial charge on any atom is -0.256 e. The van der Waals surface area contributed by atoms with Crippen molar-refractivity contribution in [3.05, 3.63) is 55.1 Å². The Balaban J connectivity index is 2.62. The molecule has 1 aromatic heterocycles. The predicted octanol–water partition coefficient (Wildman–Crippen LogP) is 3.38. The predicted molar refractivity (Wildman–Crippen MR) is 56.2 cm³/mol. The number of hydrogen-bond acceptors (Lipinski definition) is 1. The lowest BCUT2D eigenvalue weighted by Gasteiger charge is -1.99. The topological polar surface area (TPSA) is 12.9 Å². The van der Waals surface area contributed by atoms with E-state index in [9.17, 15) is 4.39 Å². The number of aromatic nitrogens is 1. The second-order valence-corrected chi connectivity index (χ2v) is 2.96. The van der Waals surface area contributed by atoms with Crippen LogP contribution in [0.3, 0.4) is 0 Å². The first kappa shape index (κ1) is 8.88. The molecule has 1 nitrogen and oxygen atoms in total. The maximum Gasteiger partial charge on any atom is 0.126 e. The molecule has 69 valence electrons. The molecule has 0 unspecified atom stereocenters. The summed E-state index contributed by atoms with van der Waals surface area (Å²) in [5, 5.41) is 1.01. The van der Waals surface area contributed by atoms with Gasteiger partial charge in [-0.05, 0) is 25.1 Å². The van der Waals surface area contributed by atoms with Crippen LogP contribution in [0.1, 0.15) is 5.56 Å². The number of rotatable bonds is 1. The van der Waals surface area contributed by atoms with Crippen molar-refractivity contribution in [3.8, 4) is 0 Å². The van der Waals surface area contributed by atoms with E-state index in [1.165, 1.54) is 6.08 Å². The van der Waals surface area contributed by atoms with E-state index in [1.807, 2.05) is 18.2 Å². The van der Waals surface area contributed by atoms with Crippen molar-refractivity contribution in [3.63, 3.8) is 0 Å². The van der Waals surface area contributed by atoms with Crippen molar-refractivity contribution in [2.45, 2.75) is 0 Å². The highest BCUT2D eigenvalue weighted by molar-refractivity contribution is 5.81. The van der Waals surface area contributed by atoms with Gasteiger partial charge in [0.05, 0.1) is 5.52 Å². The van der Waals surface area contributed by atoms with Crippen molar-refractivity contribution in [2.24, 2.45) is 0 Å². The van der Waals surface area contributed by atoms with E-state index < -0.39 is 0 Å². The summed E-state index contributed by atoms with van der Waals surface area (Å²) >= 11 is 0. The molecule has 14 heavy (non-hydrogen) atoms. The summed E-state index contributed by atoms with van der Waals surface area (Å²) in [6.07, 6.45) is 2.89. The van der Waals surface area contributed by atoms with Crippen molar-refractivity contribution in [1.29, 1.82) is 0 Å². The standard InChI is InChI=1S/C12H9FN/c1-2-11(13)10-6-5-9-4-3-7-14-12(9)8-10/h2-8H,1H2/b11-2-. The Labute approximate surface area is 81.9 Å². The van der Waals surface area contributed by atoms with Crippen molar-refractivity contribution < 1.29 is 4.39 Å². The van der Waals surface area contributed by atoms with Crippen molar-refractivity contribution >= 4 is 16.7 Å². The summed E-state index contributed by atoms with van der Waals surface area (Å²) in [4.78, 5) is 4.14. The quantitative estimate of drug-likeness (QED) is 0.665.